The second-order valence-electron chi connectivity index (χ2n) is 4.94. The standard InChI is InChI=1S/C11H14FN5O3/c1-11(12)7(19)5(2-18)20-10(11)17-4-16-6-8(13)14-3-15-9(6)17/h3-5,7,10,18-19H,2H2,1H3,(H2,13,14,15)/p+1/t5-,7?,10-,11-/m1/s1. The topological polar surface area (TPSA) is 121 Å². The molecule has 1 unspecified atom stereocenters. The van der Waals surface area contributed by atoms with Crippen LogP contribution in [-0.4, -0.2) is 49.6 Å². The van der Waals surface area contributed by atoms with Gasteiger partial charge in [0.05, 0.1) is 6.61 Å². The Morgan fingerprint density at radius 1 is 1.60 bits per heavy atom. The SMILES string of the molecule is C[C@@]1(F)C(O)[C@@H](CO)O[C@H]1[n+]1c[nH]c2c(N)ncnc21. The highest BCUT2D eigenvalue weighted by Gasteiger charge is 2.57. The first-order chi connectivity index (χ1) is 9.46. The van der Waals surface area contributed by atoms with E-state index in [1.165, 1.54) is 24.1 Å². The van der Waals surface area contributed by atoms with Gasteiger partial charge in [-0.2, -0.15) is 4.98 Å². The predicted molar refractivity (Wildman–Crippen MR) is 65.0 cm³/mol. The second kappa shape index (κ2) is 4.33. The third kappa shape index (κ3) is 1.67. The van der Waals surface area contributed by atoms with E-state index < -0.39 is 30.7 Å². The second-order valence-corrected chi connectivity index (χ2v) is 4.94. The Labute approximate surface area is 113 Å². The fourth-order valence-electron chi connectivity index (χ4n) is 2.46. The normalized spacial score (nSPS) is 33.9. The highest BCUT2D eigenvalue weighted by atomic mass is 19.1. The molecule has 0 aromatic carbocycles. The minimum atomic E-state index is -2.08. The average molecular weight is 284 g/mol. The summed E-state index contributed by atoms with van der Waals surface area (Å²) in [6.07, 6.45) is -0.851. The lowest BCUT2D eigenvalue weighted by Crippen LogP contribution is -2.50. The van der Waals surface area contributed by atoms with Crippen LogP contribution in [-0.2, 0) is 4.74 Å². The molecule has 1 saturated heterocycles. The van der Waals surface area contributed by atoms with Crippen LogP contribution in [0, 0.1) is 0 Å². The largest absolute Gasteiger partial charge is 0.394 e. The van der Waals surface area contributed by atoms with Crippen LogP contribution < -0.4 is 10.3 Å². The van der Waals surface area contributed by atoms with Crippen LogP contribution in [0.3, 0.4) is 0 Å². The number of aliphatic hydroxyl groups excluding tert-OH is 2. The summed E-state index contributed by atoms with van der Waals surface area (Å²) >= 11 is 0. The van der Waals surface area contributed by atoms with E-state index in [0.29, 0.717) is 11.2 Å². The smallest absolute Gasteiger partial charge is 0.309 e. The van der Waals surface area contributed by atoms with Crippen molar-refractivity contribution in [3.63, 3.8) is 0 Å². The number of ether oxygens (including phenoxy) is 1. The minimum Gasteiger partial charge on any atom is -0.394 e. The van der Waals surface area contributed by atoms with E-state index >= 15 is 0 Å². The molecule has 0 radical (unpaired) electrons. The number of H-pyrrole nitrogens is 1. The van der Waals surface area contributed by atoms with Gasteiger partial charge in [-0.05, 0) is 6.92 Å². The maximum Gasteiger partial charge on any atom is 0.309 e. The molecule has 0 spiro atoms. The number of aromatic nitrogens is 4. The molecule has 3 rings (SSSR count). The van der Waals surface area contributed by atoms with Gasteiger partial charge in [0.2, 0.25) is 11.7 Å². The van der Waals surface area contributed by atoms with Crippen LogP contribution in [0.15, 0.2) is 12.7 Å². The molecule has 0 bridgehead atoms. The molecule has 0 saturated carbocycles. The van der Waals surface area contributed by atoms with Crippen LogP contribution in [0.1, 0.15) is 13.2 Å². The number of nitrogens with one attached hydrogen (secondary N) is 1. The lowest BCUT2D eigenvalue weighted by atomic mass is 9.98. The van der Waals surface area contributed by atoms with Crippen molar-refractivity contribution in [1.82, 2.24) is 15.0 Å². The Morgan fingerprint density at radius 2 is 2.35 bits per heavy atom. The molecule has 2 aromatic heterocycles. The van der Waals surface area contributed by atoms with E-state index in [9.17, 15) is 9.50 Å². The van der Waals surface area contributed by atoms with E-state index in [4.69, 9.17) is 15.6 Å². The number of aliphatic hydroxyl groups is 2. The molecule has 4 atom stereocenters. The molecular formula is C11H15FN5O3+. The highest BCUT2D eigenvalue weighted by Crippen LogP contribution is 2.38. The van der Waals surface area contributed by atoms with Gasteiger partial charge < -0.3 is 20.7 Å². The van der Waals surface area contributed by atoms with Crippen molar-refractivity contribution in [1.29, 1.82) is 0 Å². The van der Waals surface area contributed by atoms with Gasteiger partial charge in [-0.1, -0.05) is 4.98 Å². The number of anilines is 1. The Bertz CT molecular complexity index is 646. The zero-order valence-electron chi connectivity index (χ0n) is 10.7. The fraction of sp³-hybridized carbons (Fsp3) is 0.545. The maximum absolute atomic E-state index is 14.7. The molecule has 8 nitrogen and oxygen atoms in total. The number of imidazole rings is 1. The first-order valence-corrected chi connectivity index (χ1v) is 6.08. The van der Waals surface area contributed by atoms with Gasteiger partial charge >= 0.3 is 5.65 Å². The van der Waals surface area contributed by atoms with Crippen LogP contribution in [0.25, 0.3) is 11.2 Å². The summed E-state index contributed by atoms with van der Waals surface area (Å²) < 4.78 is 21.5. The molecule has 0 amide bonds. The van der Waals surface area contributed by atoms with Gasteiger partial charge in [-0.15, -0.1) is 0 Å². The number of hydrogen-bond acceptors (Lipinski definition) is 6. The van der Waals surface area contributed by atoms with Gasteiger partial charge in [-0.25, -0.2) is 8.96 Å². The van der Waals surface area contributed by atoms with E-state index in [0.717, 1.165) is 0 Å². The summed E-state index contributed by atoms with van der Waals surface area (Å²) in [5, 5.41) is 19.0. The molecule has 5 N–H and O–H groups in total. The summed E-state index contributed by atoms with van der Waals surface area (Å²) in [4.78, 5) is 10.7. The third-order valence-electron chi connectivity index (χ3n) is 3.60. The molecule has 20 heavy (non-hydrogen) atoms. The number of alkyl halides is 1. The quantitative estimate of drug-likeness (QED) is 0.514. The average Bonchev–Trinajstić information content (AvgIpc) is 2.92. The van der Waals surface area contributed by atoms with Crippen molar-refractivity contribution in [3.8, 4) is 0 Å². The van der Waals surface area contributed by atoms with E-state index in [1.807, 2.05) is 0 Å². The van der Waals surface area contributed by atoms with Gasteiger partial charge in [0, 0.05) is 0 Å². The lowest BCUT2D eigenvalue weighted by Gasteiger charge is -2.21. The number of rotatable bonds is 2. The lowest BCUT2D eigenvalue weighted by molar-refractivity contribution is -0.749. The first-order valence-electron chi connectivity index (χ1n) is 6.08. The van der Waals surface area contributed by atoms with Crippen LogP contribution >= 0.6 is 0 Å². The van der Waals surface area contributed by atoms with Gasteiger partial charge in [0.1, 0.15) is 12.2 Å². The number of nitrogens with zero attached hydrogens (tertiary/aromatic N) is 3. The number of fused-ring (bicyclic) bond motifs is 1. The minimum absolute atomic E-state index is 0.228. The van der Waals surface area contributed by atoms with Crippen molar-refractivity contribution in [2.45, 2.75) is 31.0 Å². The number of nitrogens with two attached hydrogens (primary N) is 1. The van der Waals surface area contributed by atoms with Crippen LogP contribution in [0.2, 0.25) is 0 Å². The summed E-state index contributed by atoms with van der Waals surface area (Å²) in [7, 11) is 0. The number of nitrogen functional groups attached to an aromatic ring is 1. The highest BCUT2D eigenvalue weighted by molar-refractivity contribution is 5.77. The maximum atomic E-state index is 14.7. The molecule has 3 heterocycles. The fourth-order valence-corrected chi connectivity index (χ4v) is 2.46. The van der Waals surface area contributed by atoms with E-state index in [1.54, 1.807) is 0 Å². The summed E-state index contributed by atoms with van der Waals surface area (Å²) in [5.41, 5.74) is 4.43. The van der Waals surface area contributed by atoms with E-state index in [-0.39, 0.29) is 5.82 Å². The van der Waals surface area contributed by atoms with Crippen molar-refractivity contribution in [2.75, 3.05) is 12.3 Å². The predicted octanol–water partition coefficient (Wildman–Crippen LogP) is -1.19. The molecule has 1 aliphatic heterocycles. The Hall–Kier alpha value is -1.84. The Kier molecular flexibility index (Phi) is 2.85. The molecule has 0 aliphatic carbocycles. The van der Waals surface area contributed by atoms with Crippen molar-refractivity contribution >= 4 is 17.0 Å². The van der Waals surface area contributed by atoms with Gasteiger partial charge in [0.15, 0.2) is 24.1 Å². The monoisotopic (exact) mass is 284 g/mol. The Balaban J connectivity index is 2.10. The van der Waals surface area contributed by atoms with Crippen LogP contribution in [0.5, 0.6) is 0 Å². The van der Waals surface area contributed by atoms with Crippen molar-refractivity contribution < 1.29 is 23.9 Å². The van der Waals surface area contributed by atoms with Gasteiger partial charge in [-0.3, -0.25) is 4.98 Å². The molecule has 9 heteroatoms. The van der Waals surface area contributed by atoms with Gasteiger partial charge in [0.25, 0.3) is 0 Å². The third-order valence-corrected chi connectivity index (χ3v) is 3.60. The zero-order chi connectivity index (χ0) is 14.5. The summed E-state index contributed by atoms with van der Waals surface area (Å²) in [6, 6.07) is 0. The Morgan fingerprint density at radius 3 is 3.00 bits per heavy atom. The number of halogens is 1. The first kappa shape index (κ1) is 13.2. The molecule has 1 aliphatic rings. The summed E-state index contributed by atoms with van der Waals surface area (Å²) in [5.74, 6) is 0.228. The summed E-state index contributed by atoms with van der Waals surface area (Å²) in [6.45, 7) is 0.742. The zero-order valence-corrected chi connectivity index (χ0v) is 10.7. The van der Waals surface area contributed by atoms with Crippen molar-refractivity contribution in [2.24, 2.45) is 0 Å². The molecule has 2 aromatic rings. The number of aromatic amines is 1. The molecular weight excluding hydrogens is 269 g/mol. The van der Waals surface area contributed by atoms with E-state index in [2.05, 4.69) is 15.0 Å². The molecule has 108 valence electrons. The molecule has 1 fully saturated rings. The van der Waals surface area contributed by atoms with Crippen molar-refractivity contribution in [3.05, 3.63) is 12.7 Å². The van der Waals surface area contributed by atoms with Crippen LogP contribution in [0.4, 0.5) is 10.2 Å². The number of hydrogen-bond donors (Lipinski definition) is 4.